The van der Waals surface area contributed by atoms with Crippen LogP contribution in [0.5, 0.6) is 0 Å². The Hall–Kier alpha value is -2.17. The Morgan fingerprint density at radius 3 is 2.39 bits per heavy atom. The van der Waals surface area contributed by atoms with Crippen LogP contribution in [0, 0.1) is 0 Å². The molecule has 2 unspecified atom stereocenters. The Labute approximate surface area is 170 Å². The normalized spacial score (nSPS) is 19.1. The third-order valence-corrected chi connectivity index (χ3v) is 5.62. The van der Waals surface area contributed by atoms with Gasteiger partial charge in [-0.15, -0.1) is 0 Å². The second-order valence-electron chi connectivity index (χ2n) is 7.19. The summed E-state index contributed by atoms with van der Waals surface area (Å²) >= 11 is 6.06. The highest BCUT2D eigenvalue weighted by Gasteiger charge is 2.40. The molecule has 0 spiro atoms. The molecule has 3 nitrogen and oxygen atoms in total. The predicted molar refractivity (Wildman–Crippen MR) is 114 cm³/mol. The minimum Gasteiger partial charge on any atom is -0.382 e. The number of halogens is 1. The first-order chi connectivity index (χ1) is 13.7. The van der Waals surface area contributed by atoms with Gasteiger partial charge in [-0.05, 0) is 34.4 Å². The molecule has 1 heterocycles. The molecule has 1 aliphatic heterocycles. The third kappa shape index (κ3) is 3.98. The molecule has 144 valence electrons. The second-order valence-corrected chi connectivity index (χ2v) is 7.63. The van der Waals surface area contributed by atoms with E-state index in [-0.39, 0.29) is 6.10 Å². The van der Waals surface area contributed by atoms with Crippen LogP contribution in [-0.2, 0) is 16.8 Å². The lowest BCUT2D eigenvalue weighted by Crippen LogP contribution is -2.52. The molecule has 1 saturated heterocycles. The van der Waals surface area contributed by atoms with Crippen LogP contribution in [0.3, 0.4) is 0 Å². The predicted octanol–water partition coefficient (Wildman–Crippen LogP) is 4.43. The van der Waals surface area contributed by atoms with Crippen molar-refractivity contribution in [1.29, 1.82) is 0 Å². The molecule has 1 fully saturated rings. The SMILES string of the molecule is OC(Cc1ccccc1-c1ccc(Cl)cc1)(c1ccccc1)C1CNCCO1. The number of nitrogens with one attached hydrogen (secondary N) is 1. The van der Waals surface area contributed by atoms with E-state index in [0.717, 1.165) is 28.8 Å². The van der Waals surface area contributed by atoms with E-state index in [4.69, 9.17) is 16.3 Å². The molecule has 3 aromatic carbocycles. The number of ether oxygens (including phenoxy) is 1. The molecule has 3 aromatic rings. The summed E-state index contributed by atoms with van der Waals surface area (Å²) in [5, 5.41) is 16.0. The maximum absolute atomic E-state index is 11.9. The van der Waals surface area contributed by atoms with E-state index < -0.39 is 5.60 Å². The average molecular weight is 394 g/mol. The molecule has 0 aliphatic carbocycles. The van der Waals surface area contributed by atoms with E-state index in [2.05, 4.69) is 17.4 Å². The van der Waals surface area contributed by atoms with Crippen LogP contribution in [0.2, 0.25) is 5.02 Å². The highest BCUT2D eigenvalue weighted by Crippen LogP contribution is 2.35. The van der Waals surface area contributed by atoms with E-state index in [1.54, 1.807) is 0 Å². The van der Waals surface area contributed by atoms with Crippen LogP contribution >= 0.6 is 11.6 Å². The molecule has 28 heavy (non-hydrogen) atoms. The number of rotatable bonds is 5. The van der Waals surface area contributed by atoms with Gasteiger partial charge < -0.3 is 15.2 Å². The fourth-order valence-corrected chi connectivity index (χ4v) is 4.00. The molecule has 0 radical (unpaired) electrons. The summed E-state index contributed by atoms with van der Waals surface area (Å²) < 4.78 is 6.00. The molecular weight excluding hydrogens is 370 g/mol. The zero-order chi connectivity index (χ0) is 19.4. The number of hydrogen-bond donors (Lipinski definition) is 2. The van der Waals surface area contributed by atoms with E-state index >= 15 is 0 Å². The van der Waals surface area contributed by atoms with Gasteiger partial charge in [-0.1, -0.05) is 78.3 Å². The number of hydrogen-bond acceptors (Lipinski definition) is 3. The molecule has 4 rings (SSSR count). The van der Waals surface area contributed by atoms with E-state index in [9.17, 15) is 5.11 Å². The van der Waals surface area contributed by atoms with Gasteiger partial charge in [-0.2, -0.15) is 0 Å². The summed E-state index contributed by atoms with van der Waals surface area (Å²) in [6.07, 6.45) is 0.143. The quantitative estimate of drug-likeness (QED) is 0.674. The standard InChI is InChI=1S/C24H24ClNO2/c25-21-12-10-18(11-13-21)22-9-5-4-6-19(22)16-24(27,20-7-2-1-3-8-20)23-17-26-14-15-28-23/h1-13,23,26-27H,14-17H2. The van der Waals surface area contributed by atoms with Gasteiger partial charge in [0.1, 0.15) is 11.7 Å². The Balaban J connectivity index is 1.75. The maximum atomic E-state index is 11.9. The van der Waals surface area contributed by atoms with E-state index in [0.29, 0.717) is 24.6 Å². The summed E-state index contributed by atoms with van der Waals surface area (Å²) in [4.78, 5) is 0. The van der Waals surface area contributed by atoms with Gasteiger partial charge in [0.25, 0.3) is 0 Å². The molecular formula is C24H24ClNO2. The van der Waals surface area contributed by atoms with Crippen molar-refractivity contribution >= 4 is 11.6 Å². The van der Waals surface area contributed by atoms with Crippen molar-refractivity contribution in [2.75, 3.05) is 19.7 Å². The van der Waals surface area contributed by atoms with Gasteiger partial charge in [0.2, 0.25) is 0 Å². The van der Waals surface area contributed by atoms with Gasteiger partial charge in [0, 0.05) is 24.5 Å². The van der Waals surface area contributed by atoms with Crippen molar-refractivity contribution < 1.29 is 9.84 Å². The minimum absolute atomic E-state index is 0.318. The van der Waals surface area contributed by atoms with Crippen molar-refractivity contribution in [2.45, 2.75) is 18.1 Å². The summed E-state index contributed by atoms with van der Waals surface area (Å²) in [6, 6.07) is 25.9. The second kappa shape index (κ2) is 8.46. The maximum Gasteiger partial charge on any atom is 0.121 e. The molecule has 2 atom stereocenters. The van der Waals surface area contributed by atoms with Crippen molar-refractivity contribution in [3.63, 3.8) is 0 Å². The highest BCUT2D eigenvalue weighted by atomic mass is 35.5. The van der Waals surface area contributed by atoms with Crippen LogP contribution in [0.15, 0.2) is 78.9 Å². The van der Waals surface area contributed by atoms with E-state index in [1.807, 2.05) is 66.7 Å². The minimum atomic E-state index is -1.13. The summed E-state index contributed by atoms with van der Waals surface area (Å²) in [6.45, 7) is 2.02. The van der Waals surface area contributed by atoms with Crippen molar-refractivity contribution in [3.05, 3.63) is 95.0 Å². The first-order valence-corrected chi connectivity index (χ1v) is 9.99. The number of benzene rings is 3. The fraction of sp³-hybridized carbons (Fsp3) is 0.250. The van der Waals surface area contributed by atoms with Gasteiger partial charge in [0.05, 0.1) is 6.61 Å². The largest absolute Gasteiger partial charge is 0.382 e. The van der Waals surface area contributed by atoms with Crippen molar-refractivity contribution in [2.24, 2.45) is 0 Å². The lowest BCUT2D eigenvalue weighted by Gasteiger charge is -2.39. The number of aliphatic hydroxyl groups is 1. The summed E-state index contributed by atoms with van der Waals surface area (Å²) in [5.41, 5.74) is 2.99. The van der Waals surface area contributed by atoms with Gasteiger partial charge in [-0.3, -0.25) is 0 Å². The van der Waals surface area contributed by atoms with Gasteiger partial charge >= 0.3 is 0 Å². The molecule has 0 amide bonds. The molecule has 2 N–H and O–H groups in total. The zero-order valence-corrected chi connectivity index (χ0v) is 16.4. The smallest absolute Gasteiger partial charge is 0.121 e. The third-order valence-electron chi connectivity index (χ3n) is 5.37. The van der Waals surface area contributed by atoms with Gasteiger partial charge in [-0.25, -0.2) is 0 Å². The monoisotopic (exact) mass is 393 g/mol. The first kappa shape index (κ1) is 19.2. The van der Waals surface area contributed by atoms with Crippen LogP contribution in [0.4, 0.5) is 0 Å². The molecule has 4 heteroatoms. The van der Waals surface area contributed by atoms with Crippen molar-refractivity contribution in [3.8, 4) is 11.1 Å². The lowest BCUT2D eigenvalue weighted by atomic mass is 9.80. The molecule has 1 aliphatic rings. The highest BCUT2D eigenvalue weighted by molar-refractivity contribution is 6.30. The van der Waals surface area contributed by atoms with Crippen LogP contribution in [0.25, 0.3) is 11.1 Å². The summed E-state index contributed by atoms with van der Waals surface area (Å²) in [5.74, 6) is 0. The topological polar surface area (TPSA) is 41.5 Å². The Kier molecular flexibility index (Phi) is 5.79. The molecule has 0 aromatic heterocycles. The Morgan fingerprint density at radius 2 is 1.68 bits per heavy atom. The van der Waals surface area contributed by atoms with Crippen LogP contribution < -0.4 is 5.32 Å². The summed E-state index contributed by atoms with van der Waals surface area (Å²) in [7, 11) is 0. The average Bonchev–Trinajstić information content (AvgIpc) is 2.76. The fourth-order valence-electron chi connectivity index (χ4n) is 3.88. The molecule has 0 saturated carbocycles. The first-order valence-electron chi connectivity index (χ1n) is 9.61. The van der Waals surface area contributed by atoms with E-state index in [1.165, 1.54) is 0 Å². The lowest BCUT2D eigenvalue weighted by molar-refractivity contribution is -0.124. The van der Waals surface area contributed by atoms with Crippen LogP contribution in [0.1, 0.15) is 11.1 Å². The van der Waals surface area contributed by atoms with Gasteiger partial charge in [0.15, 0.2) is 0 Å². The zero-order valence-electron chi connectivity index (χ0n) is 15.6. The van der Waals surface area contributed by atoms with Crippen LogP contribution in [-0.4, -0.2) is 30.9 Å². The number of morpholine rings is 1. The Morgan fingerprint density at radius 1 is 0.964 bits per heavy atom. The Bertz CT molecular complexity index is 907. The molecule has 0 bridgehead atoms. The van der Waals surface area contributed by atoms with Crippen molar-refractivity contribution in [1.82, 2.24) is 5.32 Å².